The van der Waals surface area contributed by atoms with Crippen LogP contribution in [0, 0.1) is 0 Å². The lowest BCUT2D eigenvalue weighted by Crippen LogP contribution is -2.45. The molecule has 0 unspecified atom stereocenters. The van der Waals surface area contributed by atoms with Gasteiger partial charge >= 0.3 is 0 Å². The van der Waals surface area contributed by atoms with E-state index in [1.54, 1.807) is 12.5 Å². The number of carbonyl (C=O) groups excluding carboxylic acids is 1. The van der Waals surface area contributed by atoms with E-state index in [0.29, 0.717) is 32.4 Å². The molecule has 4 N–H and O–H groups in total. The maximum atomic E-state index is 11.7. The summed E-state index contributed by atoms with van der Waals surface area (Å²) in [6, 6.07) is 1.82. The highest BCUT2D eigenvalue weighted by molar-refractivity contribution is 7.21. The molecule has 1 fully saturated rings. The van der Waals surface area contributed by atoms with E-state index in [4.69, 9.17) is 20.9 Å². The number of furan rings is 1. The maximum absolute atomic E-state index is 11.7. The van der Waals surface area contributed by atoms with Gasteiger partial charge in [0, 0.05) is 31.7 Å². The number of hydrogen-bond donors (Lipinski definition) is 2. The quantitative estimate of drug-likeness (QED) is 0.727. The summed E-state index contributed by atoms with van der Waals surface area (Å²) in [5.74, 6) is 0.0776. The zero-order valence-electron chi connectivity index (χ0n) is 13.7. The molecule has 0 aromatic carbocycles. The number of nitrogen functional groups attached to an aromatic ring is 1. The van der Waals surface area contributed by atoms with Gasteiger partial charge in [0.05, 0.1) is 29.3 Å². The van der Waals surface area contributed by atoms with Gasteiger partial charge < -0.3 is 25.7 Å². The monoisotopic (exact) mass is 358 g/mol. The SMILES string of the molecule is CN1CCN(c2nc(-c3ccoc3)c3c(N)c(C(N)=O)sc3n2)CC1. The summed E-state index contributed by atoms with van der Waals surface area (Å²) in [5.41, 5.74) is 13.4. The third-order valence-electron chi connectivity index (χ3n) is 4.38. The first kappa shape index (κ1) is 15.9. The van der Waals surface area contributed by atoms with Crippen molar-refractivity contribution in [1.82, 2.24) is 14.9 Å². The van der Waals surface area contributed by atoms with Crippen LogP contribution in [0.4, 0.5) is 11.6 Å². The fraction of sp³-hybridized carbons (Fsp3) is 0.312. The molecule has 9 heteroatoms. The van der Waals surface area contributed by atoms with Crippen LogP contribution in [0.15, 0.2) is 23.0 Å². The number of thiophene rings is 1. The van der Waals surface area contributed by atoms with Crippen LogP contribution in [-0.4, -0.2) is 54.0 Å². The van der Waals surface area contributed by atoms with Crippen LogP contribution in [0.5, 0.6) is 0 Å². The van der Waals surface area contributed by atoms with Crippen molar-refractivity contribution in [2.24, 2.45) is 5.73 Å². The second-order valence-electron chi connectivity index (χ2n) is 6.06. The van der Waals surface area contributed by atoms with Crippen molar-refractivity contribution >= 4 is 39.1 Å². The van der Waals surface area contributed by atoms with Gasteiger partial charge in [0.15, 0.2) is 0 Å². The molecule has 25 heavy (non-hydrogen) atoms. The van der Waals surface area contributed by atoms with E-state index < -0.39 is 5.91 Å². The lowest BCUT2D eigenvalue weighted by atomic mass is 10.1. The number of aromatic nitrogens is 2. The van der Waals surface area contributed by atoms with Gasteiger partial charge in [-0.05, 0) is 13.1 Å². The number of carbonyl (C=O) groups is 1. The fourth-order valence-electron chi connectivity index (χ4n) is 2.95. The minimum Gasteiger partial charge on any atom is -0.472 e. The fourth-order valence-corrected chi connectivity index (χ4v) is 3.89. The average Bonchev–Trinajstić information content (AvgIpc) is 3.23. The molecule has 1 amide bonds. The van der Waals surface area contributed by atoms with Crippen molar-refractivity contribution in [3.8, 4) is 11.3 Å². The predicted octanol–water partition coefficient (Wildman–Crippen LogP) is 1.38. The molecule has 0 radical (unpaired) electrons. The van der Waals surface area contributed by atoms with Crippen LogP contribution in [0.3, 0.4) is 0 Å². The Kier molecular flexibility index (Phi) is 3.81. The molecule has 0 saturated carbocycles. The van der Waals surface area contributed by atoms with Gasteiger partial charge in [-0.15, -0.1) is 11.3 Å². The summed E-state index contributed by atoms with van der Waals surface area (Å²) in [6.45, 7) is 3.58. The first-order chi connectivity index (χ1) is 12.0. The molecule has 0 spiro atoms. The van der Waals surface area contributed by atoms with Crippen LogP contribution >= 0.6 is 11.3 Å². The number of amides is 1. The number of nitrogens with zero attached hydrogens (tertiary/aromatic N) is 4. The largest absolute Gasteiger partial charge is 0.472 e. The lowest BCUT2D eigenvalue weighted by molar-refractivity contribution is 0.100. The Morgan fingerprint density at radius 3 is 2.68 bits per heavy atom. The van der Waals surface area contributed by atoms with Crippen molar-refractivity contribution in [1.29, 1.82) is 0 Å². The summed E-state index contributed by atoms with van der Waals surface area (Å²) >= 11 is 1.20. The molecule has 1 saturated heterocycles. The number of fused-ring (bicyclic) bond motifs is 1. The number of nitrogens with two attached hydrogens (primary N) is 2. The van der Waals surface area contributed by atoms with Crippen LogP contribution in [0.25, 0.3) is 21.5 Å². The normalized spacial score (nSPS) is 15.8. The van der Waals surface area contributed by atoms with Crippen molar-refractivity contribution in [2.45, 2.75) is 0 Å². The third kappa shape index (κ3) is 2.71. The molecule has 0 atom stereocenters. The first-order valence-corrected chi connectivity index (χ1v) is 8.72. The predicted molar refractivity (Wildman–Crippen MR) is 97.8 cm³/mol. The molecular weight excluding hydrogens is 340 g/mol. The summed E-state index contributed by atoms with van der Waals surface area (Å²) in [5, 5.41) is 0.651. The molecule has 1 aliphatic heterocycles. The van der Waals surface area contributed by atoms with Gasteiger partial charge in [-0.2, -0.15) is 0 Å². The van der Waals surface area contributed by atoms with Gasteiger partial charge in [0.25, 0.3) is 5.91 Å². The highest BCUT2D eigenvalue weighted by Gasteiger charge is 2.24. The van der Waals surface area contributed by atoms with Crippen LogP contribution in [0.1, 0.15) is 9.67 Å². The molecule has 130 valence electrons. The van der Waals surface area contributed by atoms with E-state index >= 15 is 0 Å². The average molecular weight is 358 g/mol. The zero-order chi connectivity index (χ0) is 17.6. The molecule has 0 bridgehead atoms. The van der Waals surface area contributed by atoms with Gasteiger partial charge in [0.2, 0.25) is 5.95 Å². The molecule has 1 aliphatic rings. The van der Waals surface area contributed by atoms with Crippen molar-refractivity contribution in [3.63, 3.8) is 0 Å². The Hall–Kier alpha value is -2.65. The maximum Gasteiger partial charge on any atom is 0.260 e. The van der Waals surface area contributed by atoms with E-state index in [1.807, 2.05) is 6.07 Å². The minimum absolute atomic E-state index is 0.310. The summed E-state index contributed by atoms with van der Waals surface area (Å²) in [4.78, 5) is 26.4. The van der Waals surface area contributed by atoms with Crippen LogP contribution in [-0.2, 0) is 0 Å². The van der Waals surface area contributed by atoms with Crippen LogP contribution < -0.4 is 16.4 Å². The van der Waals surface area contributed by atoms with E-state index in [-0.39, 0.29) is 0 Å². The second kappa shape index (κ2) is 6.01. The van der Waals surface area contributed by atoms with Crippen LogP contribution in [0.2, 0.25) is 0 Å². The second-order valence-corrected chi connectivity index (χ2v) is 7.06. The molecule has 4 rings (SSSR count). The summed E-state index contributed by atoms with van der Waals surface area (Å²) in [6.07, 6.45) is 3.19. The molecular formula is C16H18N6O2S. The number of piperazine rings is 1. The standard InChI is InChI=1S/C16H18N6O2S/c1-21-3-5-22(6-4-21)16-19-12(9-2-7-24-8-9)10-11(17)13(14(18)23)25-15(10)20-16/h2,7-8H,3-6,17H2,1H3,(H2,18,23). The van der Waals surface area contributed by atoms with E-state index in [2.05, 4.69) is 21.8 Å². The van der Waals surface area contributed by atoms with E-state index in [9.17, 15) is 4.79 Å². The van der Waals surface area contributed by atoms with Gasteiger partial charge in [-0.3, -0.25) is 4.79 Å². The van der Waals surface area contributed by atoms with E-state index in [0.717, 1.165) is 31.7 Å². The molecule has 4 heterocycles. The topological polar surface area (TPSA) is 115 Å². The number of primary amides is 1. The van der Waals surface area contributed by atoms with Crippen molar-refractivity contribution < 1.29 is 9.21 Å². The molecule has 3 aromatic rings. The Labute approximate surface area is 148 Å². The Morgan fingerprint density at radius 1 is 1.28 bits per heavy atom. The lowest BCUT2D eigenvalue weighted by Gasteiger charge is -2.32. The van der Waals surface area contributed by atoms with Gasteiger partial charge in [-0.1, -0.05) is 0 Å². The van der Waals surface area contributed by atoms with Crippen molar-refractivity contribution in [3.05, 3.63) is 23.5 Å². The third-order valence-corrected chi connectivity index (χ3v) is 5.50. The first-order valence-electron chi connectivity index (χ1n) is 7.90. The molecule has 0 aliphatic carbocycles. The number of likely N-dealkylation sites (N-methyl/N-ethyl adjacent to an activating group) is 1. The zero-order valence-corrected chi connectivity index (χ0v) is 14.5. The number of anilines is 2. The Balaban J connectivity index is 1.90. The summed E-state index contributed by atoms with van der Waals surface area (Å²) in [7, 11) is 2.09. The van der Waals surface area contributed by atoms with E-state index in [1.165, 1.54) is 11.3 Å². The summed E-state index contributed by atoms with van der Waals surface area (Å²) < 4.78 is 5.20. The molecule has 3 aromatic heterocycles. The highest BCUT2D eigenvalue weighted by Crippen LogP contribution is 2.39. The molecule has 8 nitrogen and oxygen atoms in total. The smallest absolute Gasteiger partial charge is 0.260 e. The van der Waals surface area contributed by atoms with Gasteiger partial charge in [-0.25, -0.2) is 9.97 Å². The number of hydrogen-bond acceptors (Lipinski definition) is 8. The Bertz CT molecular complexity index is 928. The number of rotatable bonds is 3. The minimum atomic E-state index is -0.556. The Morgan fingerprint density at radius 2 is 2.04 bits per heavy atom. The van der Waals surface area contributed by atoms with Crippen molar-refractivity contribution in [2.75, 3.05) is 43.9 Å². The van der Waals surface area contributed by atoms with Gasteiger partial charge in [0.1, 0.15) is 9.71 Å². The highest BCUT2D eigenvalue weighted by atomic mass is 32.1.